The molecule has 0 aromatic carbocycles. The summed E-state index contributed by atoms with van der Waals surface area (Å²) in [4.78, 5) is 17.3. The van der Waals surface area contributed by atoms with Gasteiger partial charge in [-0.1, -0.05) is 5.21 Å². The molecule has 7 heteroatoms. The Morgan fingerprint density at radius 3 is 2.52 bits per heavy atom. The maximum atomic E-state index is 12.7. The first-order valence-electron chi connectivity index (χ1n) is 9.94. The van der Waals surface area contributed by atoms with Gasteiger partial charge in [-0.25, -0.2) is 4.68 Å². The monoisotopic (exact) mass is 346 g/mol. The van der Waals surface area contributed by atoms with Crippen LogP contribution in [0.2, 0.25) is 0 Å². The number of nitrogens with zero attached hydrogens (tertiary/aromatic N) is 5. The molecule has 0 aliphatic carbocycles. The fraction of sp³-hybridized carbons (Fsp3) is 0.833. The number of hydrogen-bond acceptors (Lipinski definition) is 5. The van der Waals surface area contributed by atoms with Gasteiger partial charge in [-0.2, -0.15) is 0 Å². The number of carbonyl (C=O) groups excluding carboxylic acids is 1. The van der Waals surface area contributed by atoms with Crippen molar-refractivity contribution in [3.05, 3.63) is 11.9 Å². The quantitative estimate of drug-likeness (QED) is 0.886. The second kappa shape index (κ2) is 7.83. The lowest BCUT2D eigenvalue weighted by Crippen LogP contribution is -2.41. The highest BCUT2D eigenvalue weighted by Gasteiger charge is 2.27. The average Bonchev–Trinajstić information content (AvgIpc) is 3.34. The van der Waals surface area contributed by atoms with E-state index in [1.54, 1.807) is 0 Å². The Bertz CT molecular complexity index is 568. The lowest BCUT2D eigenvalue weighted by molar-refractivity contribution is 0.0667. The van der Waals surface area contributed by atoms with Crippen LogP contribution in [0.15, 0.2) is 6.20 Å². The van der Waals surface area contributed by atoms with Gasteiger partial charge in [0.05, 0.1) is 12.2 Å². The number of nitrogens with one attached hydrogen (secondary N) is 1. The van der Waals surface area contributed by atoms with Crippen LogP contribution in [0.3, 0.4) is 0 Å². The first kappa shape index (κ1) is 17.0. The lowest BCUT2D eigenvalue weighted by Gasteiger charge is -2.33. The summed E-state index contributed by atoms with van der Waals surface area (Å²) >= 11 is 0. The van der Waals surface area contributed by atoms with Gasteiger partial charge in [0, 0.05) is 19.6 Å². The standard InChI is InChI=1S/C18H30N6O/c25-18(17-14-24(21-20-17)16-3-7-19-8-4-16)23-11-5-15(6-12-23)13-22-9-1-2-10-22/h14-16,19H,1-13H2. The fourth-order valence-electron chi connectivity index (χ4n) is 4.44. The minimum Gasteiger partial charge on any atom is -0.337 e. The zero-order valence-corrected chi connectivity index (χ0v) is 15.1. The van der Waals surface area contributed by atoms with E-state index < -0.39 is 0 Å². The number of aromatic nitrogens is 3. The zero-order valence-electron chi connectivity index (χ0n) is 15.1. The molecule has 1 aromatic heterocycles. The minimum atomic E-state index is 0.0554. The molecule has 138 valence electrons. The van der Waals surface area contributed by atoms with Crippen molar-refractivity contribution < 1.29 is 4.79 Å². The molecule has 25 heavy (non-hydrogen) atoms. The van der Waals surface area contributed by atoms with Gasteiger partial charge in [0.1, 0.15) is 0 Å². The van der Waals surface area contributed by atoms with Crippen LogP contribution >= 0.6 is 0 Å². The Morgan fingerprint density at radius 2 is 1.80 bits per heavy atom. The highest BCUT2D eigenvalue weighted by molar-refractivity contribution is 5.92. The maximum Gasteiger partial charge on any atom is 0.276 e. The molecular formula is C18H30N6O. The first-order chi connectivity index (χ1) is 12.3. The Balaban J connectivity index is 1.29. The predicted molar refractivity (Wildman–Crippen MR) is 95.5 cm³/mol. The number of carbonyl (C=O) groups is 1. The zero-order chi connectivity index (χ0) is 17.1. The maximum absolute atomic E-state index is 12.7. The lowest BCUT2D eigenvalue weighted by atomic mass is 9.96. The van der Waals surface area contributed by atoms with Crippen molar-refractivity contribution in [1.29, 1.82) is 0 Å². The van der Waals surface area contributed by atoms with Crippen LogP contribution in [0, 0.1) is 5.92 Å². The Morgan fingerprint density at radius 1 is 1.08 bits per heavy atom. The van der Waals surface area contributed by atoms with Crippen molar-refractivity contribution in [2.75, 3.05) is 45.8 Å². The summed E-state index contributed by atoms with van der Waals surface area (Å²) in [7, 11) is 0. The predicted octanol–water partition coefficient (Wildman–Crippen LogP) is 1.15. The second-order valence-electron chi connectivity index (χ2n) is 7.81. The molecule has 4 heterocycles. The molecule has 0 spiro atoms. The van der Waals surface area contributed by atoms with E-state index in [1.165, 1.54) is 32.5 Å². The molecule has 0 bridgehead atoms. The molecule has 3 aliphatic rings. The highest BCUT2D eigenvalue weighted by Crippen LogP contribution is 2.22. The van der Waals surface area contributed by atoms with Crippen molar-refractivity contribution in [3.63, 3.8) is 0 Å². The molecule has 3 fully saturated rings. The van der Waals surface area contributed by atoms with Crippen molar-refractivity contribution >= 4 is 5.91 Å². The molecule has 1 N–H and O–H groups in total. The molecule has 0 atom stereocenters. The van der Waals surface area contributed by atoms with E-state index in [0.29, 0.717) is 11.7 Å². The minimum absolute atomic E-state index is 0.0554. The van der Waals surface area contributed by atoms with Crippen molar-refractivity contribution in [2.45, 2.75) is 44.6 Å². The van der Waals surface area contributed by atoms with E-state index in [1.807, 2.05) is 15.8 Å². The van der Waals surface area contributed by atoms with Gasteiger partial charge in [0.25, 0.3) is 5.91 Å². The molecule has 0 saturated carbocycles. The molecule has 0 radical (unpaired) electrons. The van der Waals surface area contributed by atoms with Gasteiger partial charge >= 0.3 is 0 Å². The van der Waals surface area contributed by atoms with Crippen molar-refractivity contribution in [3.8, 4) is 0 Å². The van der Waals surface area contributed by atoms with Gasteiger partial charge in [-0.15, -0.1) is 5.10 Å². The smallest absolute Gasteiger partial charge is 0.276 e. The van der Waals surface area contributed by atoms with Crippen LogP contribution in [-0.4, -0.2) is 76.5 Å². The van der Waals surface area contributed by atoms with Crippen LogP contribution in [0.25, 0.3) is 0 Å². The number of hydrogen-bond donors (Lipinski definition) is 1. The average molecular weight is 346 g/mol. The van der Waals surface area contributed by atoms with Gasteiger partial charge in [0.15, 0.2) is 5.69 Å². The van der Waals surface area contributed by atoms with E-state index in [9.17, 15) is 4.79 Å². The number of amides is 1. The molecule has 0 unspecified atom stereocenters. The normalized spacial score (nSPS) is 24.1. The fourth-order valence-corrected chi connectivity index (χ4v) is 4.44. The van der Waals surface area contributed by atoms with E-state index >= 15 is 0 Å². The van der Waals surface area contributed by atoms with Crippen LogP contribution < -0.4 is 5.32 Å². The molecule has 3 saturated heterocycles. The van der Waals surface area contributed by atoms with E-state index in [-0.39, 0.29) is 5.91 Å². The Hall–Kier alpha value is -1.47. The third-order valence-electron chi connectivity index (χ3n) is 6.03. The summed E-state index contributed by atoms with van der Waals surface area (Å²) in [6.07, 6.45) is 8.90. The summed E-state index contributed by atoms with van der Waals surface area (Å²) in [5, 5.41) is 11.7. The van der Waals surface area contributed by atoms with Crippen LogP contribution in [-0.2, 0) is 0 Å². The Labute approximate surface area is 149 Å². The SMILES string of the molecule is O=C(c1cn(C2CCNCC2)nn1)N1CCC(CN2CCCC2)CC1. The third kappa shape index (κ3) is 4.03. The summed E-state index contributed by atoms with van der Waals surface area (Å²) in [6, 6.07) is 0.376. The largest absolute Gasteiger partial charge is 0.337 e. The summed E-state index contributed by atoms with van der Waals surface area (Å²) in [5.74, 6) is 0.798. The van der Waals surface area contributed by atoms with Crippen molar-refractivity contribution in [1.82, 2.24) is 30.1 Å². The van der Waals surface area contributed by atoms with E-state index in [4.69, 9.17) is 0 Å². The summed E-state index contributed by atoms with van der Waals surface area (Å²) < 4.78 is 1.90. The van der Waals surface area contributed by atoms with Crippen LogP contribution in [0.4, 0.5) is 0 Å². The highest BCUT2D eigenvalue weighted by atomic mass is 16.2. The number of likely N-dealkylation sites (tertiary alicyclic amines) is 2. The Kier molecular flexibility index (Phi) is 5.31. The molecule has 7 nitrogen and oxygen atoms in total. The van der Waals surface area contributed by atoms with E-state index in [0.717, 1.165) is 57.8 Å². The first-order valence-corrected chi connectivity index (χ1v) is 9.94. The number of piperidine rings is 2. The topological polar surface area (TPSA) is 66.3 Å². The molecule has 1 aromatic rings. The van der Waals surface area contributed by atoms with Crippen LogP contribution in [0.1, 0.15) is 55.1 Å². The van der Waals surface area contributed by atoms with Gasteiger partial charge < -0.3 is 15.1 Å². The van der Waals surface area contributed by atoms with E-state index in [2.05, 4.69) is 20.5 Å². The molecule has 1 amide bonds. The second-order valence-corrected chi connectivity index (χ2v) is 7.81. The van der Waals surface area contributed by atoms with Gasteiger partial charge in [-0.05, 0) is 70.6 Å². The summed E-state index contributed by atoms with van der Waals surface area (Å²) in [6.45, 7) is 7.48. The van der Waals surface area contributed by atoms with Crippen molar-refractivity contribution in [2.24, 2.45) is 5.92 Å². The summed E-state index contributed by atoms with van der Waals surface area (Å²) in [5.41, 5.74) is 0.511. The molecule has 3 aliphatic heterocycles. The van der Waals surface area contributed by atoms with Gasteiger partial charge in [-0.3, -0.25) is 4.79 Å². The van der Waals surface area contributed by atoms with Crippen LogP contribution in [0.5, 0.6) is 0 Å². The van der Waals surface area contributed by atoms with Gasteiger partial charge in [0.2, 0.25) is 0 Å². The third-order valence-corrected chi connectivity index (χ3v) is 6.03. The molecular weight excluding hydrogens is 316 g/mol. The molecule has 4 rings (SSSR count). The number of rotatable bonds is 4.